The third-order valence-electron chi connectivity index (χ3n) is 3.50. The Kier molecular flexibility index (Phi) is 4.37. The highest BCUT2D eigenvalue weighted by molar-refractivity contribution is 5.23. The second kappa shape index (κ2) is 6.60. The van der Waals surface area contributed by atoms with E-state index in [4.69, 9.17) is 4.74 Å². The molecule has 1 fully saturated rings. The average Bonchev–Trinajstić information content (AvgIpc) is 2.57. The monoisotopic (exact) mass is 285 g/mol. The number of nitrogens with one attached hydrogen (secondary N) is 1. The third kappa shape index (κ3) is 3.53. The van der Waals surface area contributed by atoms with Gasteiger partial charge < -0.3 is 10.1 Å². The minimum absolute atomic E-state index is 0.0393. The van der Waals surface area contributed by atoms with Crippen molar-refractivity contribution in [3.8, 4) is 0 Å². The molecular weight excluding hydrogens is 266 g/mol. The smallest absolute Gasteiger partial charge is 0.222 e. The van der Waals surface area contributed by atoms with Crippen molar-refractivity contribution in [3.63, 3.8) is 0 Å². The van der Waals surface area contributed by atoms with Gasteiger partial charge >= 0.3 is 0 Å². The number of ether oxygens (including phenoxy) is 1. The van der Waals surface area contributed by atoms with E-state index in [0.29, 0.717) is 5.95 Å². The van der Waals surface area contributed by atoms with Crippen LogP contribution in [0.25, 0.3) is 0 Å². The minimum atomic E-state index is 0.0393. The zero-order valence-electron chi connectivity index (χ0n) is 12.1. The number of morpholine rings is 1. The van der Waals surface area contributed by atoms with E-state index < -0.39 is 0 Å². The van der Waals surface area contributed by atoms with Crippen LogP contribution in [-0.2, 0) is 11.3 Å². The maximum atomic E-state index is 5.82. The molecule has 110 valence electrons. The van der Waals surface area contributed by atoms with Crippen LogP contribution in [-0.4, -0.2) is 46.6 Å². The number of aromatic nitrogens is 3. The van der Waals surface area contributed by atoms with Crippen LogP contribution in [0.2, 0.25) is 0 Å². The number of hydrogen-bond acceptors (Lipinski definition) is 6. The number of nitrogens with zero attached hydrogens (tertiary/aromatic N) is 4. The molecule has 1 aliphatic rings. The molecule has 0 radical (unpaired) electrons. The van der Waals surface area contributed by atoms with Crippen molar-refractivity contribution in [1.29, 1.82) is 0 Å². The van der Waals surface area contributed by atoms with Crippen LogP contribution in [0.5, 0.6) is 0 Å². The molecule has 21 heavy (non-hydrogen) atoms. The summed E-state index contributed by atoms with van der Waals surface area (Å²) in [5.74, 6) is 0.645. The summed E-state index contributed by atoms with van der Waals surface area (Å²) < 4.78 is 5.82. The summed E-state index contributed by atoms with van der Waals surface area (Å²) in [5.41, 5.74) is 2.10. The fourth-order valence-electron chi connectivity index (χ4n) is 2.42. The highest BCUT2D eigenvalue weighted by Gasteiger charge is 2.22. The predicted molar refractivity (Wildman–Crippen MR) is 79.8 cm³/mol. The Balaban J connectivity index is 1.63. The quantitative estimate of drug-likeness (QED) is 0.918. The highest BCUT2D eigenvalue weighted by Crippen LogP contribution is 2.21. The Labute approximate surface area is 124 Å². The lowest BCUT2D eigenvalue weighted by molar-refractivity contribution is -0.0350. The second-order valence-electron chi connectivity index (χ2n) is 5.01. The van der Waals surface area contributed by atoms with Gasteiger partial charge in [-0.05, 0) is 12.1 Å². The average molecular weight is 285 g/mol. The molecule has 0 aromatic carbocycles. The van der Waals surface area contributed by atoms with E-state index in [9.17, 15) is 0 Å². The molecule has 0 saturated carbocycles. The summed E-state index contributed by atoms with van der Waals surface area (Å²) in [6, 6.07) is 5.93. The first kappa shape index (κ1) is 13.9. The van der Waals surface area contributed by atoms with Crippen LogP contribution < -0.4 is 5.32 Å². The minimum Gasteiger partial charge on any atom is -0.369 e. The number of pyridine rings is 1. The van der Waals surface area contributed by atoms with Gasteiger partial charge in [-0.15, -0.1) is 0 Å². The number of rotatable bonds is 4. The molecule has 1 aliphatic heterocycles. The Hall–Kier alpha value is -2.05. The topological polar surface area (TPSA) is 63.2 Å². The molecule has 2 aromatic rings. The third-order valence-corrected chi connectivity index (χ3v) is 3.50. The largest absolute Gasteiger partial charge is 0.369 e. The molecule has 2 aromatic heterocycles. The molecule has 0 unspecified atom stereocenters. The predicted octanol–water partition coefficient (Wildman–Crippen LogP) is 1.49. The lowest BCUT2D eigenvalue weighted by Crippen LogP contribution is -2.38. The SMILES string of the molecule is CNc1ncc(CN2CCO[C@H](c3ccccn3)C2)cn1. The molecule has 0 aliphatic carbocycles. The van der Waals surface area contributed by atoms with Gasteiger partial charge in [0.15, 0.2) is 0 Å². The summed E-state index contributed by atoms with van der Waals surface area (Å²) in [7, 11) is 1.81. The zero-order chi connectivity index (χ0) is 14.5. The maximum Gasteiger partial charge on any atom is 0.222 e. The van der Waals surface area contributed by atoms with Crippen LogP contribution in [0, 0.1) is 0 Å². The van der Waals surface area contributed by atoms with E-state index in [1.165, 1.54) is 0 Å². The molecule has 3 heterocycles. The molecule has 6 nitrogen and oxygen atoms in total. The summed E-state index contributed by atoms with van der Waals surface area (Å²) in [6.07, 6.45) is 5.58. The van der Waals surface area contributed by atoms with E-state index in [2.05, 4.69) is 25.2 Å². The van der Waals surface area contributed by atoms with Gasteiger partial charge in [-0.3, -0.25) is 9.88 Å². The second-order valence-corrected chi connectivity index (χ2v) is 5.01. The fraction of sp³-hybridized carbons (Fsp3) is 0.400. The molecule has 0 spiro atoms. The van der Waals surface area contributed by atoms with Crippen molar-refractivity contribution in [2.45, 2.75) is 12.6 Å². The Morgan fingerprint density at radius 1 is 1.29 bits per heavy atom. The zero-order valence-corrected chi connectivity index (χ0v) is 12.1. The van der Waals surface area contributed by atoms with E-state index in [-0.39, 0.29) is 6.10 Å². The molecule has 0 bridgehead atoms. The summed E-state index contributed by atoms with van der Waals surface area (Å²) >= 11 is 0. The summed E-state index contributed by atoms with van der Waals surface area (Å²) in [4.78, 5) is 15.2. The van der Waals surface area contributed by atoms with Crippen LogP contribution in [0.15, 0.2) is 36.8 Å². The van der Waals surface area contributed by atoms with Crippen molar-refractivity contribution >= 4 is 5.95 Å². The first-order chi connectivity index (χ1) is 10.3. The van der Waals surface area contributed by atoms with Crippen molar-refractivity contribution < 1.29 is 4.74 Å². The first-order valence-corrected chi connectivity index (χ1v) is 7.08. The Bertz CT molecular complexity index is 560. The molecule has 1 N–H and O–H groups in total. The van der Waals surface area contributed by atoms with Gasteiger partial charge in [0.25, 0.3) is 0 Å². The summed E-state index contributed by atoms with van der Waals surface area (Å²) in [5, 5.41) is 2.92. The first-order valence-electron chi connectivity index (χ1n) is 7.08. The molecule has 1 atom stereocenters. The van der Waals surface area contributed by atoms with Crippen molar-refractivity contribution in [2.75, 3.05) is 32.1 Å². The lowest BCUT2D eigenvalue weighted by atomic mass is 10.1. The molecule has 3 rings (SSSR count). The highest BCUT2D eigenvalue weighted by atomic mass is 16.5. The number of hydrogen-bond donors (Lipinski definition) is 1. The van der Waals surface area contributed by atoms with Gasteiger partial charge in [-0.1, -0.05) is 6.07 Å². The lowest BCUT2D eigenvalue weighted by Gasteiger charge is -2.32. The van der Waals surface area contributed by atoms with E-state index in [0.717, 1.165) is 37.5 Å². The Morgan fingerprint density at radius 3 is 2.86 bits per heavy atom. The Morgan fingerprint density at radius 2 is 2.14 bits per heavy atom. The van der Waals surface area contributed by atoms with Crippen LogP contribution in [0.3, 0.4) is 0 Å². The van der Waals surface area contributed by atoms with Crippen molar-refractivity contribution in [3.05, 3.63) is 48.0 Å². The standard InChI is InChI=1S/C15H19N5O/c1-16-15-18-8-12(9-19-15)10-20-6-7-21-14(11-20)13-4-2-3-5-17-13/h2-5,8-9,14H,6-7,10-11H2,1H3,(H,16,18,19)/t14-/m0/s1. The van der Waals surface area contributed by atoms with Crippen LogP contribution in [0.4, 0.5) is 5.95 Å². The normalized spacial score (nSPS) is 19.4. The number of anilines is 1. The van der Waals surface area contributed by atoms with Gasteiger partial charge in [0.05, 0.1) is 12.3 Å². The van der Waals surface area contributed by atoms with Gasteiger partial charge in [-0.2, -0.15) is 0 Å². The van der Waals surface area contributed by atoms with Gasteiger partial charge in [0.1, 0.15) is 6.10 Å². The molecular formula is C15H19N5O. The van der Waals surface area contributed by atoms with E-state index >= 15 is 0 Å². The van der Waals surface area contributed by atoms with Crippen LogP contribution >= 0.6 is 0 Å². The van der Waals surface area contributed by atoms with E-state index in [1.807, 2.05) is 43.8 Å². The molecule has 1 saturated heterocycles. The maximum absolute atomic E-state index is 5.82. The summed E-state index contributed by atoms with van der Waals surface area (Å²) in [6.45, 7) is 3.30. The van der Waals surface area contributed by atoms with Crippen molar-refractivity contribution in [1.82, 2.24) is 19.9 Å². The van der Waals surface area contributed by atoms with Gasteiger partial charge in [0.2, 0.25) is 5.95 Å². The molecule has 6 heteroatoms. The molecule has 0 amide bonds. The van der Waals surface area contributed by atoms with Crippen LogP contribution in [0.1, 0.15) is 17.4 Å². The van der Waals surface area contributed by atoms with Gasteiger partial charge in [-0.25, -0.2) is 9.97 Å². The van der Waals surface area contributed by atoms with Gasteiger partial charge in [0, 0.05) is 50.8 Å². The van der Waals surface area contributed by atoms with E-state index in [1.54, 1.807) is 0 Å². The van der Waals surface area contributed by atoms with Crippen molar-refractivity contribution in [2.24, 2.45) is 0 Å². The fourth-order valence-corrected chi connectivity index (χ4v) is 2.42.